The van der Waals surface area contributed by atoms with Gasteiger partial charge in [-0.15, -0.1) is 0 Å². The SMILES string of the molecule is CCn1ncc(Br)c1C(N)c1ccc(C)o1. The average Bonchev–Trinajstić information content (AvgIpc) is 2.83. The van der Waals surface area contributed by atoms with Gasteiger partial charge in [0.2, 0.25) is 0 Å². The Labute approximate surface area is 103 Å². The van der Waals surface area contributed by atoms with E-state index in [1.165, 1.54) is 0 Å². The van der Waals surface area contributed by atoms with Crippen LogP contribution in [0.3, 0.4) is 0 Å². The zero-order valence-corrected chi connectivity index (χ0v) is 10.9. The number of halogens is 1. The number of aryl methyl sites for hydroxylation is 2. The van der Waals surface area contributed by atoms with Gasteiger partial charge in [-0.25, -0.2) is 0 Å². The summed E-state index contributed by atoms with van der Waals surface area (Å²) in [6, 6.07) is 3.53. The van der Waals surface area contributed by atoms with Crippen LogP contribution in [0, 0.1) is 6.92 Å². The number of nitrogens with two attached hydrogens (primary N) is 1. The van der Waals surface area contributed by atoms with Gasteiger partial charge in [0.1, 0.15) is 17.6 Å². The molecule has 2 aromatic rings. The Morgan fingerprint density at radius 1 is 1.56 bits per heavy atom. The molecule has 1 atom stereocenters. The molecule has 0 saturated heterocycles. The Kier molecular flexibility index (Phi) is 3.16. The molecule has 5 heteroatoms. The average molecular weight is 284 g/mol. The number of rotatable bonds is 3. The van der Waals surface area contributed by atoms with Crippen molar-refractivity contribution in [2.45, 2.75) is 26.4 Å². The highest BCUT2D eigenvalue weighted by Gasteiger charge is 2.20. The summed E-state index contributed by atoms with van der Waals surface area (Å²) >= 11 is 3.46. The predicted octanol–water partition coefficient (Wildman–Crippen LogP) is 2.62. The summed E-state index contributed by atoms with van der Waals surface area (Å²) in [5.74, 6) is 1.62. The first-order valence-corrected chi connectivity index (χ1v) is 5.96. The highest BCUT2D eigenvalue weighted by atomic mass is 79.9. The largest absolute Gasteiger partial charge is 0.464 e. The smallest absolute Gasteiger partial charge is 0.127 e. The summed E-state index contributed by atoms with van der Waals surface area (Å²) < 4.78 is 8.32. The van der Waals surface area contributed by atoms with Gasteiger partial charge in [0, 0.05) is 6.54 Å². The third kappa shape index (κ3) is 1.92. The van der Waals surface area contributed by atoms with Gasteiger partial charge in [-0.1, -0.05) is 0 Å². The highest BCUT2D eigenvalue weighted by molar-refractivity contribution is 9.10. The number of furan rings is 1. The van der Waals surface area contributed by atoms with Crippen LogP contribution in [0.15, 0.2) is 27.2 Å². The summed E-state index contributed by atoms with van der Waals surface area (Å²) in [5.41, 5.74) is 7.11. The second-order valence-electron chi connectivity index (χ2n) is 3.62. The Morgan fingerprint density at radius 3 is 2.88 bits per heavy atom. The summed E-state index contributed by atoms with van der Waals surface area (Å²) in [5, 5.41) is 4.24. The molecule has 0 aromatic carbocycles. The number of hydrogen-bond acceptors (Lipinski definition) is 3. The lowest BCUT2D eigenvalue weighted by molar-refractivity contribution is 0.453. The van der Waals surface area contributed by atoms with Gasteiger partial charge in [0.15, 0.2) is 0 Å². The van der Waals surface area contributed by atoms with Crippen LogP contribution < -0.4 is 5.73 Å². The van der Waals surface area contributed by atoms with E-state index < -0.39 is 0 Å². The van der Waals surface area contributed by atoms with Gasteiger partial charge in [0.05, 0.1) is 16.4 Å². The second-order valence-corrected chi connectivity index (χ2v) is 4.47. The van der Waals surface area contributed by atoms with Crippen molar-refractivity contribution in [3.8, 4) is 0 Å². The summed E-state index contributed by atoms with van der Waals surface area (Å²) in [6.07, 6.45) is 1.76. The Balaban J connectivity index is 2.40. The molecule has 2 rings (SSSR count). The lowest BCUT2D eigenvalue weighted by Gasteiger charge is -2.11. The van der Waals surface area contributed by atoms with E-state index in [0.29, 0.717) is 0 Å². The van der Waals surface area contributed by atoms with Crippen molar-refractivity contribution in [3.63, 3.8) is 0 Å². The lowest BCUT2D eigenvalue weighted by atomic mass is 10.1. The van der Waals surface area contributed by atoms with Crippen LogP contribution in [0.25, 0.3) is 0 Å². The van der Waals surface area contributed by atoms with E-state index in [1.54, 1.807) is 6.20 Å². The van der Waals surface area contributed by atoms with Crippen LogP contribution in [-0.4, -0.2) is 9.78 Å². The first-order valence-electron chi connectivity index (χ1n) is 5.16. The zero-order chi connectivity index (χ0) is 11.7. The zero-order valence-electron chi connectivity index (χ0n) is 9.27. The predicted molar refractivity (Wildman–Crippen MR) is 65.1 cm³/mol. The third-order valence-corrected chi connectivity index (χ3v) is 3.11. The fraction of sp³-hybridized carbons (Fsp3) is 0.364. The van der Waals surface area contributed by atoms with Gasteiger partial charge in [-0.2, -0.15) is 5.10 Å². The molecule has 86 valence electrons. The maximum Gasteiger partial charge on any atom is 0.127 e. The van der Waals surface area contributed by atoms with E-state index in [-0.39, 0.29) is 6.04 Å². The van der Waals surface area contributed by atoms with E-state index in [2.05, 4.69) is 21.0 Å². The Hall–Kier alpha value is -1.07. The molecule has 0 aliphatic carbocycles. The normalized spacial score (nSPS) is 13.0. The molecule has 0 spiro atoms. The maximum absolute atomic E-state index is 6.17. The number of aromatic nitrogens is 2. The van der Waals surface area contributed by atoms with Crippen molar-refractivity contribution in [1.82, 2.24) is 9.78 Å². The first kappa shape index (κ1) is 11.4. The molecule has 2 aromatic heterocycles. The first-order chi connectivity index (χ1) is 7.63. The topological polar surface area (TPSA) is 57.0 Å². The van der Waals surface area contributed by atoms with Crippen molar-refractivity contribution in [2.24, 2.45) is 5.73 Å². The quantitative estimate of drug-likeness (QED) is 0.942. The molecule has 0 saturated carbocycles. The molecular formula is C11H14BrN3O. The van der Waals surface area contributed by atoms with Crippen molar-refractivity contribution >= 4 is 15.9 Å². The Bertz CT molecular complexity index is 489. The summed E-state index contributed by atoms with van der Waals surface area (Å²) in [6.45, 7) is 4.72. The summed E-state index contributed by atoms with van der Waals surface area (Å²) in [7, 11) is 0. The van der Waals surface area contributed by atoms with Crippen LogP contribution in [0.4, 0.5) is 0 Å². The molecule has 0 fully saturated rings. The standard InChI is InChI=1S/C11H14BrN3O/c1-3-15-11(8(12)6-14-15)10(13)9-5-4-7(2)16-9/h4-6,10H,3,13H2,1-2H3. The Morgan fingerprint density at radius 2 is 2.31 bits per heavy atom. The fourth-order valence-corrected chi connectivity index (χ4v) is 2.23. The van der Waals surface area contributed by atoms with E-state index in [4.69, 9.17) is 10.2 Å². The summed E-state index contributed by atoms with van der Waals surface area (Å²) in [4.78, 5) is 0. The monoisotopic (exact) mass is 283 g/mol. The maximum atomic E-state index is 6.17. The van der Waals surface area contributed by atoms with Crippen LogP contribution in [0.1, 0.15) is 30.2 Å². The minimum atomic E-state index is -0.287. The second kappa shape index (κ2) is 4.43. The van der Waals surface area contributed by atoms with Crippen LogP contribution >= 0.6 is 15.9 Å². The minimum absolute atomic E-state index is 0.287. The van der Waals surface area contributed by atoms with Gasteiger partial charge in [-0.05, 0) is 41.9 Å². The molecule has 0 bridgehead atoms. The molecule has 0 radical (unpaired) electrons. The van der Waals surface area contributed by atoms with E-state index >= 15 is 0 Å². The minimum Gasteiger partial charge on any atom is -0.464 e. The van der Waals surface area contributed by atoms with Gasteiger partial charge in [-0.3, -0.25) is 4.68 Å². The molecule has 0 amide bonds. The molecule has 2 N–H and O–H groups in total. The van der Waals surface area contributed by atoms with Crippen LogP contribution in [0.2, 0.25) is 0 Å². The van der Waals surface area contributed by atoms with Crippen molar-refractivity contribution in [3.05, 3.63) is 40.0 Å². The van der Waals surface area contributed by atoms with Crippen LogP contribution in [-0.2, 0) is 6.54 Å². The molecule has 1 unspecified atom stereocenters. The number of hydrogen-bond donors (Lipinski definition) is 1. The molecular weight excluding hydrogens is 270 g/mol. The number of nitrogens with zero attached hydrogens (tertiary/aromatic N) is 2. The molecule has 0 aliphatic heterocycles. The van der Waals surface area contributed by atoms with E-state index in [9.17, 15) is 0 Å². The van der Waals surface area contributed by atoms with Crippen molar-refractivity contribution in [1.29, 1.82) is 0 Å². The molecule has 0 aliphatic rings. The van der Waals surface area contributed by atoms with Gasteiger partial charge < -0.3 is 10.2 Å². The fourth-order valence-electron chi connectivity index (χ4n) is 1.69. The molecule has 16 heavy (non-hydrogen) atoms. The molecule has 2 heterocycles. The molecule has 4 nitrogen and oxygen atoms in total. The van der Waals surface area contributed by atoms with Gasteiger partial charge >= 0.3 is 0 Å². The van der Waals surface area contributed by atoms with Crippen LogP contribution in [0.5, 0.6) is 0 Å². The van der Waals surface area contributed by atoms with E-state index in [0.717, 1.165) is 28.2 Å². The van der Waals surface area contributed by atoms with Crippen molar-refractivity contribution in [2.75, 3.05) is 0 Å². The highest BCUT2D eigenvalue weighted by Crippen LogP contribution is 2.27. The lowest BCUT2D eigenvalue weighted by Crippen LogP contribution is -2.17. The van der Waals surface area contributed by atoms with E-state index in [1.807, 2.05) is 30.7 Å². The third-order valence-electron chi connectivity index (χ3n) is 2.50. The van der Waals surface area contributed by atoms with Crippen molar-refractivity contribution < 1.29 is 4.42 Å². The van der Waals surface area contributed by atoms with Gasteiger partial charge in [0.25, 0.3) is 0 Å².